The second-order valence-corrected chi connectivity index (χ2v) is 5.12. The molecule has 1 unspecified atom stereocenters. The second-order valence-electron chi connectivity index (χ2n) is 5.12. The number of aliphatic hydroxyl groups is 1. The minimum atomic E-state index is -0.540. The zero-order valence-electron chi connectivity index (χ0n) is 13.2. The molecule has 0 aliphatic carbocycles. The number of nitrogens with one attached hydrogen (secondary N) is 2. The van der Waals surface area contributed by atoms with Gasteiger partial charge in [-0.15, -0.1) is 0 Å². The molecular formula is C16H27N3O2. The summed E-state index contributed by atoms with van der Waals surface area (Å²) in [5.74, 6) is 0. The number of anilines is 1. The Morgan fingerprint density at radius 1 is 1.33 bits per heavy atom. The molecule has 2 amide bonds. The van der Waals surface area contributed by atoms with E-state index in [1.54, 1.807) is 19.1 Å². The van der Waals surface area contributed by atoms with Crippen LogP contribution in [-0.4, -0.2) is 42.2 Å². The number of likely N-dealkylation sites (N-methyl/N-ethyl adjacent to an activating group) is 1. The largest absolute Gasteiger partial charge is 0.389 e. The van der Waals surface area contributed by atoms with Gasteiger partial charge in [-0.3, -0.25) is 0 Å². The molecule has 5 heteroatoms. The molecule has 5 nitrogen and oxygen atoms in total. The molecule has 1 rings (SSSR count). The quantitative estimate of drug-likeness (QED) is 0.690. The number of aliphatic hydroxyl groups excluding tert-OH is 1. The summed E-state index contributed by atoms with van der Waals surface area (Å²) in [5.41, 5.74) is 1.47. The third-order valence-corrected chi connectivity index (χ3v) is 3.33. The van der Waals surface area contributed by atoms with Gasteiger partial charge in [0.1, 0.15) is 0 Å². The Morgan fingerprint density at radius 2 is 2.10 bits per heavy atom. The highest BCUT2D eigenvalue weighted by Gasteiger charge is 2.06. The Balaban J connectivity index is 2.38. The van der Waals surface area contributed by atoms with Gasteiger partial charge in [0.15, 0.2) is 0 Å². The van der Waals surface area contributed by atoms with Crippen LogP contribution in [0, 0.1) is 0 Å². The van der Waals surface area contributed by atoms with Crippen molar-refractivity contribution in [3.8, 4) is 0 Å². The summed E-state index contributed by atoms with van der Waals surface area (Å²) in [4.78, 5) is 14.1. The van der Waals surface area contributed by atoms with Crippen molar-refractivity contribution >= 4 is 11.7 Å². The van der Waals surface area contributed by atoms with E-state index in [1.165, 1.54) is 0 Å². The van der Waals surface area contributed by atoms with E-state index in [4.69, 9.17) is 0 Å². The fourth-order valence-corrected chi connectivity index (χ4v) is 2.12. The van der Waals surface area contributed by atoms with Crippen LogP contribution < -0.4 is 10.6 Å². The Morgan fingerprint density at radius 3 is 2.71 bits per heavy atom. The fourth-order valence-electron chi connectivity index (χ4n) is 2.12. The lowest BCUT2D eigenvalue weighted by molar-refractivity contribution is 0.199. The monoisotopic (exact) mass is 293 g/mol. The summed E-state index contributed by atoms with van der Waals surface area (Å²) in [7, 11) is 0. The van der Waals surface area contributed by atoms with Crippen LogP contribution in [0.15, 0.2) is 24.3 Å². The highest BCUT2D eigenvalue weighted by Crippen LogP contribution is 2.16. The average molecular weight is 293 g/mol. The highest BCUT2D eigenvalue weighted by atomic mass is 16.3. The van der Waals surface area contributed by atoms with Crippen molar-refractivity contribution in [3.63, 3.8) is 0 Å². The van der Waals surface area contributed by atoms with E-state index in [-0.39, 0.29) is 6.03 Å². The number of rotatable bonds is 8. The third kappa shape index (κ3) is 6.60. The predicted molar refractivity (Wildman–Crippen MR) is 86.5 cm³/mol. The van der Waals surface area contributed by atoms with Gasteiger partial charge >= 0.3 is 6.03 Å². The number of carbonyl (C=O) groups excluding carboxylic acids is 1. The Bertz CT molecular complexity index is 435. The Kier molecular flexibility index (Phi) is 7.79. The minimum absolute atomic E-state index is 0.217. The van der Waals surface area contributed by atoms with E-state index in [2.05, 4.69) is 29.4 Å². The van der Waals surface area contributed by atoms with Crippen molar-refractivity contribution in [1.29, 1.82) is 0 Å². The van der Waals surface area contributed by atoms with Gasteiger partial charge in [-0.05, 0) is 44.1 Å². The van der Waals surface area contributed by atoms with Crippen molar-refractivity contribution in [3.05, 3.63) is 29.8 Å². The molecule has 0 saturated heterocycles. The van der Waals surface area contributed by atoms with Gasteiger partial charge < -0.3 is 20.6 Å². The van der Waals surface area contributed by atoms with Crippen LogP contribution in [0.1, 0.15) is 38.9 Å². The summed E-state index contributed by atoms with van der Waals surface area (Å²) in [6, 6.07) is 7.01. The summed E-state index contributed by atoms with van der Waals surface area (Å²) < 4.78 is 0. The summed E-state index contributed by atoms with van der Waals surface area (Å²) in [6.07, 6.45) is 0.577. The SMILES string of the molecule is CCCN(CC)CCNC(=O)Nc1cccc(C(C)O)c1. The molecule has 118 valence electrons. The van der Waals surface area contributed by atoms with Crippen LogP contribution in [0.25, 0.3) is 0 Å². The van der Waals surface area contributed by atoms with Crippen LogP contribution >= 0.6 is 0 Å². The average Bonchev–Trinajstić information content (AvgIpc) is 2.46. The van der Waals surface area contributed by atoms with Crippen LogP contribution in [-0.2, 0) is 0 Å². The van der Waals surface area contributed by atoms with Gasteiger partial charge in [-0.25, -0.2) is 4.79 Å². The van der Waals surface area contributed by atoms with Crippen LogP contribution in [0.3, 0.4) is 0 Å². The first kappa shape index (κ1) is 17.5. The van der Waals surface area contributed by atoms with E-state index < -0.39 is 6.10 Å². The minimum Gasteiger partial charge on any atom is -0.389 e. The van der Waals surface area contributed by atoms with E-state index in [0.29, 0.717) is 12.2 Å². The summed E-state index contributed by atoms with van der Waals surface area (Å²) >= 11 is 0. The van der Waals surface area contributed by atoms with Gasteiger partial charge in [0, 0.05) is 18.8 Å². The lowest BCUT2D eigenvalue weighted by atomic mass is 10.1. The van der Waals surface area contributed by atoms with Crippen LogP contribution in [0.5, 0.6) is 0 Å². The van der Waals surface area contributed by atoms with Crippen molar-refractivity contribution in [1.82, 2.24) is 10.2 Å². The van der Waals surface area contributed by atoms with E-state index in [0.717, 1.165) is 31.6 Å². The molecule has 1 aromatic carbocycles. The van der Waals surface area contributed by atoms with Gasteiger partial charge in [-0.2, -0.15) is 0 Å². The number of benzene rings is 1. The van der Waals surface area contributed by atoms with Crippen molar-refractivity contribution in [2.45, 2.75) is 33.3 Å². The lowest BCUT2D eigenvalue weighted by Crippen LogP contribution is -2.37. The molecule has 3 N–H and O–H groups in total. The molecule has 0 heterocycles. The number of nitrogens with zero attached hydrogens (tertiary/aromatic N) is 1. The normalized spacial score (nSPS) is 12.2. The molecule has 0 bridgehead atoms. The number of hydrogen-bond donors (Lipinski definition) is 3. The van der Waals surface area contributed by atoms with E-state index in [1.807, 2.05) is 12.1 Å². The molecule has 0 saturated carbocycles. The summed E-state index contributed by atoms with van der Waals surface area (Å²) in [5, 5.41) is 15.2. The van der Waals surface area contributed by atoms with Crippen LogP contribution in [0.2, 0.25) is 0 Å². The first-order valence-electron chi connectivity index (χ1n) is 7.62. The van der Waals surface area contributed by atoms with Crippen LogP contribution in [0.4, 0.5) is 10.5 Å². The fraction of sp³-hybridized carbons (Fsp3) is 0.562. The first-order valence-corrected chi connectivity index (χ1v) is 7.62. The molecular weight excluding hydrogens is 266 g/mol. The van der Waals surface area contributed by atoms with Gasteiger partial charge in [0.05, 0.1) is 6.10 Å². The molecule has 0 aliphatic rings. The molecule has 0 radical (unpaired) electrons. The number of urea groups is 1. The third-order valence-electron chi connectivity index (χ3n) is 3.33. The maximum absolute atomic E-state index is 11.8. The van der Waals surface area contributed by atoms with E-state index >= 15 is 0 Å². The highest BCUT2D eigenvalue weighted by molar-refractivity contribution is 5.89. The van der Waals surface area contributed by atoms with Crippen molar-refractivity contribution in [2.24, 2.45) is 0 Å². The Hall–Kier alpha value is -1.59. The number of hydrogen-bond acceptors (Lipinski definition) is 3. The summed E-state index contributed by atoms with van der Waals surface area (Å²) in [6.45, 7) is 9.49. The second kappa shape index (κ2) is 9.37. The molecule has 0 aromatic heterocycles. The molecule has 0 aliphatic heterocycles. The van der Waals surface area contributed by atoms with Crippen molar-refractivity contribution in [2.75, 3.05) is 31.5 Å². The predicted octanol–water partition coefficient (Wildman–Crippen LogP) is 2.59. The van der Waals surface area contributed by atoms with Gasteiger partial charge in [0.25, 0.3) is 0 Å². The van der Waals surface area contributed by atoms with E-state index in [9.17, 15) is 9.90 Å². The number of amides is 2. The lowest BCUT2D eigenvalue weighted by Gasteiger charge is -2.19. The topological polar surface area (TPSA) is 64.6 Å². The van der Waals surface area contributed by atoms with Gasteiger partial charge in [-0.1, -0.05) is 26.0 Å². The molecule has 1 atom stereocenters. The molecule has 21 heavy (non-hydrogen) atoms. The Labute approximate surface area is 127 Å². The molecule has 1 aromatic rings. The first-order chi connectivity index (χ1) is 10.1. The smallest absolute Gasteiger partial charge is 0.319 e. The van der Waals surface area contributed by atoms with Crippen molar-refractivity contribution < 1.29 is 9.90 Å². The van der Waals surface area contributed by atoms with Gasteiger partial charge in [0.2, 0.25) is 0 Å². The number of carbonyl (C=O) groups is 1. The zero-order chi connectivity index (χ0) is 15.7. The standard InChI is InChI=1S/C16H27N3O2/c1-4-10-19(5-2)11-9-17-16(21)18-15-8-6-7-14(12-15)13(3)20/h6-8,12-13,20H,4-5,9-11H2,1-3H3,(H2,17,18,21). The maximum atomic E-state index is 11.8. The molecule has 0 spiro atoms. The zero-order valence-corrected chi connectivity index (χ0v) is 13.2. The molecule has 0 fully saturated rings. The maximum Gasteiger partial charge on any atom is 0.319 e.